The zero-order chi connectivity index (χ0) is 17.1. The van der Waals surface area contributed by atoms with E-state index in [0.717, 1.165) is 18.5 Å². The second-order valence-electron chi connectivity index (χ2n) is 6.38. The summed E-state index contributed by atoms with van der Waals surface area (Å²) in [6.07, 6.45) is 6.58. The second kappa shape index (κ2) is 6.89. The van der Waals surface area contributed by atoms with Crippen LogP contribution in [-0.4, -0.2) is 27.2 Å². The normalized spacial score (nSPS) is 16.2. The summed E-state index contributed by atoms with van der Waals surface area (Å²) in [6, 6.07) is 16.0. The van der Waals surface area contributed by atoms with E-state index in [1.807, 2.05) is 24.3 Å². The minimum Gasteiger partial charge on any atom is -0.351 e. The molecular weight excluding hydrogens is 312 g/mol. The Morgan fingerprint density at radius 3 is 2.80 bits per heavy atom. The number of nitrogens with one attached hydrogen (secondary N) is 1. The van der Waals surface area contributed by atoms with Crippen LogP contribution in [0.15, 0.2) is 61.2 Å². The highest BCUT2D eigenvalue weighted by atomic mass is 16.1. The maximum atomic E-state index is 12.5. The lowest BCUT2D eigenvalue weighted by atomic mass is 9.83. The number of nitrogens with zero attached hydrogens (tertiary/aromatic N) is 3. The van der Waals surface area contributed by atoms with E-state index in [9.17, 15) is 4.79 Å². The van der Waals surface area contributed by atoms with Crippen LogP contribution in [0.1, 0.15) is 40.2 Å². The van der Waals surface area contributed by atoms with Crippen LogP contribution in [-0.2, 0) is 6.42 Å². The average Bonchev–Trinajstić information content (AvgIpc) is 3.21. The van der Waals surface area contributed by atoms with Crippen LogP contribution in [0, 0.1) is 0 Å². The molecule has 1 unspecified atom stereocenters. The number of carbonyl (C=O) groups is 1. The standard InChI is InChI=1S/C20H20N4O/c25-20(16-8-10-18(11-9-16)24-14-21-13-23-24)22-12-17-6-3-5-15-4-1-2-7-19(15)17/h1-2,4,7-11,13-14,17H,3,5-6,12H2,(H,22,25). The van der Waals surface area contributed by atoms with E-state index < -0.39 is 0 Å². The predicted octanol–water partition coefficient (Wildman–Crippen LogP) is 3.12. The summed E-state index contributed by atoms with van der Waals surface area (Å²) in [5, 5.41) is 7.17. The van der Waals surface area contributed by atoms with Gasteiger partial charge in [0.15, 0.2) is 0 Å². The first kappa shape index (κ1) is 15.6. The highest BCUT2D eigenvalue weighted by Crippen LogP contribution is 2.30. The molecule has 1 amide bonds. The van der Waals surface area contributed by atoms with Crippen LogP contribution in [0.2, 0.25) is 0 Å². The number of hydrogen-bond acceptors (Lipinski definition) is 3. The monoisotopic (exact) mass is 332 g/mol. The molecule has 25 heavy (non-hydrogen) atoms. The first-order valence-electron chi connectivity index (χ1n) is 8.62. The van der Waals surface area contributed by atoms with Crippen molar-refractivity contribution in [2.45, 2.75) is 25.2 Å². The quantitative estimate of drug-likeness (QED) is 0.798. The van der Waals surface area contributed by atoms with E-state index in [1.54, 1.807) is 11.0 Å². The van der Waals surface area contributed by atoms with Crippen molar-refractivity contribution in [3.63, 3.8) is 0 Å². The number of aryl methyl sites for hydroxylation is 1. The summed E-state index contributed by atoms with van der Waals surface area (Å²) in [5.41, 5.74) is 4.35. The number of amides is 1. The maximum Gasteiger partial charge on any atom is 0.251 e. The van der Waals surface area contributed by atoms with Gasteiger partial charge in [0.1, 0.15) is 12.7 Å². The number of rotatable bonds is 4. The van der Waals surface area contributed by atoms with Crippen molar-refractivity contribution < 1.29 is 4.79 Å². The molecule has 126 valence electrons. The molecule has 0 saturated carbocycles. The topological polar surface area (TPSA) is 59.8 Å². The van der Waals surface area contributed by atoms with Crippen molar-refractivity contribution in [2.24, 2.45) is 0 Å². The lowest BCUT2D eigenvalue weighted by Gasteiger charge is -2.25. The molecule has 1 aromatic heterocycles. The minimum absolute atomic E-state index is 0.0341. The van der Waals surface area contributed by atoms with Crippen LogP contribution in [0.5, 0.6) is 0 Å². The van der Waals surface area contributed by atoms with Gasteiger partial charge >= 0.3 is 0 Å². The minimum atomic E-state index is -0.0341. The molecule has 0 aliphatic heterocycles. The van der Waals surface area contributed by atoms with Gasteiger partial charge in [-0.15, -0.1) is 0 Å². The van der Waals surface area contributed by atoms with E-state index in [-0.39, 0.29) is 5.91 Å². The lowest BCUT2D eigenvalue weighted by molar-refractivity contribution is 0.0950. The fraction of sp³-hybridized carbons (Fsp3) is 0.250. The van der Waals surface area contributed by atoms with E-state index in [4.69, 9.17) is 0 Å². The van der Waals surface area contributed by atoms with Crippen molar-refractivity contribution in [3.05, 3.63) is 77.9 Å². The van der Waals surface area contributed by atoms with Crippen molar-refractivity contribution >= 4 is 5.91 Å². The van der Waals surface area contributed by atoms with Crippen molar-refractivity contribution in [1.82, 2.24) is 20.1 Å². The van der Waals surface area contributed by atoms with Gasteiger partial charge in [-0.05, 0) is 54.7 Å². The van der Waals surface area contributed by atoms with Gasteiger partial charge in [0.25, 0.3) is 5.91 Å². The molecule has 0 saturated heterocycles. The molecule has 1 N–H and O–H groups in total. The molecule has 1 atom stereocenters. The van der Waals surface area contributed by atoms with Gasteiger partial charge in [-0.25, -0.2) is 9.67 Å². The Morgan fingerprint density at radius 2 is 2.00 bits per heavy atom. The largest absolute Gasteiger partial charge is 0.351 e. The van der Waals surface area contributed by atoms with Gasteiger partial charge < -0.3 is 5.32 Å². The summed E-state index contributed by atoms with van der Waals surface area (Å²) in [5.74, 6) is 0.372. The SMILES string of the molecule is O=C(NCC1CCCc2ccccc21)c1ccc(-n2cncn2)cc1. The van der Waals surface area contributed by atoms with Crippen LogP contribution in [0.3, 0.4) is 0 Å². The molecule has 0 bridgehead atoms. The Hall–Kier alpha value is -2.95. The number of hydrogen-bond donors (Lipinski definition) is 1. The molecule has 0 radical (unpaired) electrons. The third-order valence-electron chi connectivity index (χ3n) is 4.82. The second-order valence-corrected chi connectivity index (χ2v) is 6.38. The Kier molecular flexibility index (Phi) is 4.29. The van der Waals surface area contributed by atoms with Gasteiger partial charge in [-0.2, -0.15) is 5.10 Å². The summed E-state index contributed by atoms with van der Waals surface area (Å²) in [4.78, 5) is 16.4. The Bertz CT molecular complexity index is 856. The molecule has 0 fully saturated rings. The molecular formula is C20H20N4O. The Balaban J connectivity index is 1.41. The fourth-order valence-corrected chi connectivity index (χ4v) is 3.49. The zero-order valence-corrected chi connectivity index (χ0v) is 13.9. The maximum absolute atomic E-state index is 12.5. The van der Waals surface area contributed by atoms with Gasteiger partial charge in [-0.1, -0.05) is 24.3 Å². The number of fused-ring (bicyclic) bond motifs is 1. The third-order valence-corrected chi connectivity index (χ3v) is 4.82. The van der Waals surface area contributed by atoms with Crippen LogP contribution < -0.4 is 5.32 Å². The summed E-state index contributed by atoms with van der Waals surface area (Å²) in [7, 11) is 0. The van der Waals surface area contributed by atoms with Gasteiger partial charge in [0.2, 0.25) is 0 Å². The molecule has 4 rings (SSSR count). The smallest absolute Gasteiger partial charge is 0.251 e. The van der Waals surface area contributed by atoms with Gasteiger partial charge in [0.05, 0.1) is 5.69 Å². The zero-order valence-electron chi connectivity index (χ0n) is 13.9. The van der Waals surface area contributed by atoms with E-state index in [2.05, 4.69) is 39.7 Å². The fourth-order valence-electron chi connectivity index (χ4n) is 3.49. The van der Waals surface area contributed by atoms with E-state index >= 15 is 0 Å². The molecule has 1 aliphatic carbocycles. The third kappa shape index (κ3) is 3.31. The first-order valence-corrected chi connectivity index (χ1v) is 8.62. The molecule has 5 nitrogen and oxygen atoms in total. The van der Waals surface area contributed by atoms with Crippen molar-refractivity contribution in [3.8, 4) is 5.69 Å². The van der Waals surface area contributed by atoms with E-state index in [0.29, 0.717) is 18.0 Å². The van der Waals surface area contributed by atoms with Crippen LogP contribution in [0.4, 0.5) is 0 Å². The van der Waals surface area contributed by atoms with Gasteiger partial charge in [0, 0.05) is 18.0 Å². The Morgan fingerprint density at radius 1 is 1.16 bits per heavy atom. The molecule has 1 heterocycles. The molecule has 5 heteroatoms. The molecule has 2 aromatic carbocycles. The highest BCUT2D eigenvalue weighted by Gasteiger charge is 2.20. The summed E-state index contributed by atoms with van der Waals surface area (Å²) in [6.45, 7) is 0.681. The number of benzene rings is 2. The average molecular weight is 332 g/mol. The first-order chi connectivity index (χ1) is 12.3. The van der Waals surface area contributed by atoms with E-state index in [1.165, 1.54) is 23.9 Å². The number of aromatic nitrogens is 3. The summed E-state index contributed by atoms with van der Waals surface area (Å²) >= 11 is 0. The van der Waals surface area contributed by atoms with Gasteiger partial charge in [-0.3, -0.25) is 4.79 Å². The highest BCUT2D eigenvalue weighted by molar-refractivity contribution is 5.94. The molecule has 3 aromatic rings. The molecule has 1 aliphatic rings. The summed E-state index contributed by atoms with van der Waals surface area (Å²) < 4.78 is 1.67. The lowest BCUT2D eigenvalue weighted by Crippen LogP contribution is -2.29. The van der Waals surface area contributed by atoms with Crippen molar-refractivity contribution in [2.75, 3.05) is 6.54 Å². The van der Waals surface area contributed by atoms with Crippen LogP contribution in [0.25, 0.3) is 5.69 Å². The Labute approximate surface area is 146 Å². The molecule has 0 spiro atoms. The van der Waals surface area contributed by atoms with Crippen LogP contribution >= 0.6 is 0 Å². The van der Waals surface area contributed by atoms with Crippen molar-refractivity contribution in [1.29, 1.82) is 0 Å². The predicted molar refractivity (Wildman–Crippen MR) is 95.8 cm³/mol. The number of carbonyl (C=O) groups excluding carboxylic acids is 1.